The molecule has 1 atom stereocenters. The lowest BCUT2D eigenvalue weighted by atomic mass is 9.97. The molecule has 0 bridgehead atoms. The lowest BCUT2D eigenvalue weighted by Crippen LogP contribution is -2.16. The third-order valence-corrected chi connectivity index (χ3v) is 4.80. The summed E-state index contributed by atoms with van der Waals surface area (Å²) >= 11 is 0. The summed E-state index contributed by atoms with van der Waals surface area (Å²) < 4.78 is 44.9. The van der Waals surface area contributed by atoms with Gasteiger partial charge < -0.3 is 9.30 Å². The molecule has 0 saturated heterocycles. The van der Waals surface area contributed by atoms with E-state index >= 15 is 0 Å². The second kappa shape index (κ2) is 8.51. The van der Waals surface area contributed by atoms with E-state index in [2.05, 4.69) is 11.9 Å². The van der Waals surface area contributed by atoms with E-state index in [-0.39, 0.29) is 6.04 Å². The van der Waals surface area contributed by atoms with Crippen molar-refractivity contribution in [2.24, 2.45) is 0 Å². The van der Waals surface area contributed by atoms with Crippen LogP contribution >= 0.6 is 0 Å². The molecule has 0 aliphatic carbocycles. The summed E-state index contributed by atoms with van der Waals surface area (Å²) in [7, 11) is 1.33. The number of alkyl halides is 3. The van der Waals surface area contributed by atoms with Crippen LogP contribution in [0.2, 0.25) is 0 Å². The highest BCUT2D eigenvalue weighted by atomic mass is 19.4. The Labute approximate surface area is 167 Å². The Morgan fingerprint density at radius 2 is 1.66 bits per heavy atom. The van der Waals surface area contributed by atoms with E-state index in [1.807, 2.05) is 24.3 Å². The maximum absolute atomic E-state index is 12.7. The van der Waals surface area contributed by atoms with Gasteiger partial charge in [0, 0.05) is 0 Å². The Balaban J connectivity index is 1.89. The Morgan fingerprint density at radius 1 is 1.07 bits per heavy atom. The molecule has 0 aliphatic heterocycles. The smallest absolute Gasteiger partial charge is 0.416 e. The molecule has 152 valence electrons. The highest BCUT2D eigenvalue weighted by Gasteiger charge is 2.30. The maximum atomic E-state index is 12.7. The number of carbonyl (C=O) groups is 1. The number of nitrogens with zero attached hydrogens (tertiary/aromatic N) is 2. The van der Waals surface area contributed by atoms with E-state index in [1.165, 1.54) is 25.4 Å². The molecular weight excluding hydrogens is 381 g/mol. The standard InChI is InChI=1S/C22H21F3N2O2/c1-3-4-19(27-14-26-13-20(27)21(28)29-2)17-7-5-15(6-8-17)16-9-11-18(12-10-16)22(23,24)25/h5-14,19H,3-4H2,1-2H3. The Hall–Kier alpha value is -3.09. The molecule has 3 aromatic rings. The third-order valence-electron chi connectivity index (χ3n) is 4.80. The Bertz CT molecular complexity index is 961. The number of benzene rings is 2. The van der Waals surface area contributed by atoms with Crippen LogP contribution in [0, 0.1) is 0 Å². The minimum absolute atomic E-state index is 0.0988. The van der Waals surface area contributed by atoms with Crippen molar-refractivity contribution < 1.29 is 22.7 Å². The van der Waals surface area contributed by atoms with Crippen molar-refractivity contribution in [3.63, 3.8) is 0 Å². The summed E-state index contributed by atoms with van der Waals surface area (Å²) in [5.41, 5.74) is 2.20. The number of imidazole rings is 1. The highest BCUT2D eigenvalue weighted by molar-refractivity contribution is 5.87. The molecule has 0 N–H and O–H groups in total. The van der Waals surface area contributed by atoms with E-state index in [0.29, 0.717) is 11.3 Å². The quantitative estimate of drug-likeness (QED) is 0.494. The molecule has 1 unspecified atom stereocenters. The van der Waals surface area contributed by atoms with Crippen LogP contribution in [-0.4, -0.2) is 22.6 Å². The first-order valence-corrected chi connectivity index (χ1v) is 9.23. The van der Waals surface area contributed by atoms with Gasteiger partial charge in [0.1, 0.15) is 5.69 Å². The molecule has 0 saturated carbocycles. The fourth-order valence-corrected chi connectivity index (χ4v) is 3.30. The molecule has 29 heavy (non-hydrogen) atoms. The number of methoxy groups -OCH3 is 1. The average Bonchev–Trinajstić information content (AvgIpc) is 3.20. The van der Waals surface area contributed by atoms with Crippen LogP contribution in [0.1, 0.15) is 47.4 Å². The van der Waals surface area contributed by atoms with Crippen LogP contribution < -0.4 is 0 Å². The average molecular weight is 402 g/mol. The van der Waals surface area contributed by atoms with Crippen molar-refractivity contribution >= 4 is 5.97 Å². The van der Waals surface area contributed by atoms with Crippen LogP contribution in [0.15, 0.2) is 61.1 Å². The number of halogens is 3. The van der Waals surface area contributed by atoms with Crippen LogP contribution in [0.4, 0.5) is 13.2 Å². The second-order valence-corrected chi connectivity index (χ2v) is 6.68. The minimum Gasteiger partial charge on any atom is -0.464 e. The van der Waals surface area contributed by atoms with Crippen LogP contribution in [0.5, 0.6) is 0 Å². The van der Waals surface area contributed by atoms with Crippen LogP contribution in [-0.2, 0) is 10.9 Å². The van der Waals surface area contributed by atoms with E-state index in [0.717, 1.165) is 36.1 Å². The maximum Gasteiger partial charge on any atom is 0.416 e. The Morgan fingerprint density at radius 3 is 2.17 bits per heavy atom. The van der Waals surface area contributed by atoms with E-state index < -0.39 is 17.7 Å². The molecule has 0 amide bonds. The summed E-state index contributed by atoms with van der Waals surface area (Å²) in [4.78, 5) is 16.1. The van der Waals surface area contributed by atoms with Gasteiger partial charge in [-0.25, -0.2) is 9.78 Å². The van der Waals surface area contributed by atoms with Crippen molar-refractivity contribution in [1.29, 1.82) is 0 Å². The van der Waals surface area contributed by atoms with Crippen molar-refractivity contribution in [3.8, 4) is 11.1 Å². The van der Waals surface area contributed by atoms with E-state index in [4.69, 9.17) is 4.74 Å². The normalized spacial score (nSPS) is 12.6. The van der Waals surface area contributed by atoms with Gasteiger partial charge in [-0.05, 0) is 35.2 Å². The molecule has 2 aromatic carbocycles. The summed E-state index contributed by atoms with van der Waals surface area (Å²) in [6.07, 6.45) is 0.420. The van der Waals surface area contributed by atoms with Gasteiger partial charge in [0.05, 0.1) is 31.2 Å². The minimum atomic E-state index is -4.35. The fraction of sp³-hybridized carbons (Fsp3) is 0.273. The van der Waals surface area contributed by atoms with Gasteiger partial charge in [-0.15, -0.1) is 0 Å². The fourth-order valence-electron chi connectivity index (χ4n) is 3.30. The van der Waals surface area contributed by atoms with Crippen LogP contribution in [0.3, 0.4) is 0 Å². The molecule has 3 rings (SSSR count). The number of hydrogen-bond donors (Lipinski definition) is 0. The van der Waals surface area contributed by atoms with Gasteiger partial charge in [-0.2, -0.15) is 13.2 Å². The molecule has 4 nitrogen and oxygen atoms in total. The molecule has 7 heteroatoms. The van der Waals surface area contributed by atoms with E-state index in [1.54, 1.807) is 10.9 Å². The Kier molecular flexibility index (Phi) is 6.06. The first-order chi connectivity index (χ1) is 13.8. The van der Waals surface area contributed by atoms with Gasteiger partial charge in [0.2, 0.25) is 0 Å². The number of rotatable bonds is 6. The largest absolute Gasteiger partial charge is 0.464 e. The second-order valence-electron chi connectivity index (χ2n) is 6.68. The number of carbonyl (C=O) groups excluding carboxylic acids is 1. The van der Waals surface area contributed by atoms with E-state index in [9.17, 15) is 18.0 Å². The number of aromatic nitrogens is 2. The zero-order chi connectivity index (χ0) is 21.0. The third kappa shape index (κ3) is 4.50. The van der Waals surface area contributed by atoms with Crippen molar-refractivity contribution in [3.05, 3.63) is 77.9 Å². The SMILES string of the molecule is CCCC(c1ccc(-c2ccc(C(F)(F)F)cc2)cc1)n1cncc1C(=O)OC. The molecule has 1 aromatic heterocycles. The van der Waals surface area contributed by atoms with Gasteiger partial charge in [0.25, 0.3) is 0 Å². The molecule has 0 spiro atoms. The first-order valence-electron chi connectivity index (χ1n) is 9.23. The zero-order valence-electron chi connectivity index (χ0n) is 16.1. The van der Waals surface area contributed by atoms with Gasteiger partial charge in [-0.1, -0.05) is 49.7 Å². The zero-order valence-corrected chi connectivity index (χ0v) is 16.1. The summed E-state index contributed by atoms with van der Waals surface area (Å²) in [5.74, 6) is -0.454. The molecule has 0 aliphatic rings. The predicted molar refractivity (Wildman–Crippen MR) is 103 cm³/mol. The van der Waals surface area contributed by atoms with Gasteiger partial charge in [-0.3, -0.25) is 0 Å². The molecule has 0 fully saturated rings. The van der Waals surface area contributed by atoms with Crippen molar-refractivity contribution in [2.45, 2.75) is 32.0 Å². The predicted octanol–water partition coefficient (Wildman–Crippen LogP) is 5.75. The van der Waals surface area contributed by atoms with Crippen molar-refractivity contribution in [1.82, 2.24) is 9.55 Å². The lowest BCUT2D eigenvalue weighted by molar-refractivity contribution is -0.137. The highest BCUT2D eigenvalue weighted by Crippen LogP contribution is 2.32. The van der Waals surface area contributed by atoms with Gasteiger partial charge >= 0.3 is 12.1 Å². The topological polar surface area (TPSA) is 44.1 Å². The summed E-state index contributed by atoms with van der Waals surface area (Å²) in [6, 6.07) is 12.6. The van der Waals surface area contributed by atoms with Crippen LogP contribution in [0.25, 0.3) is 11.1 Å². The summed E-state index contributed by atoms with van der Waals surface area (Å²) in [5, 5.41) is 0. The number of ether oxygens (including phenoxy) is 1. The number of hydrogen-bond acceptors (Lipinski definition) is 3. The summed E-state index contributed by atoms with van der Waals surface area (Å²) in [6.45, 7) is 2.05. The molecule has 0 radical (unpaired) electrons. The molecular formula is C22H21F3N2O2. The molecule has 1 heterocycles. The van der Waals surface area contributed by atoms with Crippen molar-refractivity contribution in [2.75, 3.05) is 7.11 Å². The number of esters is 1. The lowest BCUT2D eigenvalue weighted by Gasteiger charge is -2.21. The first kappa shape index (κ1) is 20.6. The van der Waals surface area contributed by atoms with Gasteiger partial charge in [0.15, 0.2) is 0 Å². The monoisotopic (exact) mass is 402 g/mol.